The Labute approximate surface area is 121 Å². The Morgan fingerprint density at radius 2 is 1.16 bits per heavy atom. The minimum Gasteiger partial charge on any atom is -0.166 e. The maximum Gasteiger partial charge on any atom is 0.168 e. The Bertz CT molecular complexity index is 486. The molecule has 98 valence electrons. The van der Waals surface area contributed by atoms with Gasteiger partial charge < -0.3 is 0 Å². The minimum atomic E-state index is -1.81. The lowest BCUT2D eigenvalue weighted by Gasteiger charge is -2.28. The lowest BCUT2D eigenvalue weighted by atomic mass is 10.0. The van der Waals surface area contributed by atoms with Crippen LogP contribution in [0.1, 0.15) is 35.1 Å². The van der Waals surface area contributed by atoms with Gasteiger partial charge in [-0.2, -0.15) is 11.1 Å². The zero-order chi connectivity index (χ0) is 13.3. The summed E-state index contributed by atoms with van der Waals surface area (Å²) in [6.45, 7) is 2.34. The minimum absolute atomic E-state index is 0.584. The lowest BCUT2D eigenvalue weighted by Crippen LogP contribution is -2.33. The average molecular weight is 287 g/mol. The molecule has 1 saturated heterocycles. The molecule has 0 amide bonds. The monoisotopic (exact) mass is 286 g/mol. The Hall–Kier alpha value is -1.05. The van der Waals surface area contributed by atoms with Gasteiger partial charge in [-0.25, -0.2) is 0 Å². The molecule has 0 N–H and O–H groups in total. The van der Waals surface area contributed by atoms with Crippen molar-refractivity contribution in [2.45, 2.75) is 30.5 Å². The van der Waals surface area contributed by atoms with Gasteiger partial charge in [0.2, 0.25) is 0 Å². The van der Waals surface area contributed by atoms with E-state index in [1.54, 1.807) is 0 Å². The molecule has 2 atom stereocenters. The summed E-state index contributed by atoms with van der Waals surface area (Å²) in [7, 11) is -1.81. The van der Waals surface area contributed by atoms with Crippen LogP contribution in [0.5, 0.6) is 0 Å². The number of rotatable bonds is 2. The molecule has 0 aliphatic carbocycles. The highest BCUT2D eigenvalue weighted by atomic mass is 35.6. The normalized spacial score (nSPS) is 25.4. The Kier molecular flexibility index (Phi) is 3.51. The van der Waals surface area contributed by atoms with E-state index < -0.39 is 7.38 Å². The summed E-state index contributed by atoms with van der Waals surface area (Å²) in [5, 5.41) is 0. The van der Waals surface area contributed by atoms with Crippen molar-refractivity contribution < 1.29 is 0 Å². The molecule has 2 heteroatoms. The summed E-state index contributed by atoms with van der Waals surface area (Å²) < 4.78 is 0. The summed E-state index contributed by atoms with van der Waals surface area (Å²) in [4.78, 5) is 0. The van der Waals surface area contributed by atoms with Crippen molar-refractivity contribution in [3.8, 4) is 0 Å². The quantitative estimate of drug-likeness (QED) is 0.523. The van der Waals surface area contributed by atoms with Crippen LogP contribution in [0.3, 0.4) is 0 Å². The second-order valence-electron chi connectivity index (χ2n) is 5.66. The predicted molar refractivity (Wildman–Crippen MR) is 85.1 cm³/mol. The summed E-state index contributed by atoms with van der Waals surface area (Å²) in [6.07, 6.45) is 2.46. The molecule has 0 aromatic heterocycles. The van der Waals surface area contributed by atoms with E-state index in [2.05, 4.69) is 67.2 Å². The summed E-state index contributed by atoms with van der Waals surface area (Å²) >= 11 is 7.11. The zero-order valence-corrected chi connectivity index (χ0v) is 13.0. The van der Waals surface area contributed by atoms with Gasteiger partial charge in [-0.05, 0) is 35.1 Å². The van der Waals surface area contributed by atoms with Crippen molar-refractivity contribution >= 4 is 18.5 Å². The van der Waals surface area contributed by atoms with E-state index in [0.29, 0.717) is 11.1 Å². The van der Waals surface area contributed by atoms with Gasteiger partial charge in [-0.1, -0.05) is 67.2 Å². The van der Waals surface area contributed by atoms with E-state index in [1.807, 2.05) is 0 Å². The molecular formula is C17H19ClSi. The smallest absolute Gasteiger partial charge is 0.166 e. The van der Waals surface area contributed by atoms with Crippen molar-refractivity contribution in [1.29, 1.82) is 0 Å². The van der Waals surface area contributed by atoms with E-state index in [9.17, 15) is 0 Å². The second-order valence-corrected chi connectivity index (χ2v) is 11.8. The van der Waals surface area contributed by atoms with E-state index >= 15 is 0 Å². The number of hydrogen-bond acceptors (Lipinski definition) is 0. The topological polar surface area (TPSA) is 0 Å². The molecule has 0 radical (unpaired) electrons. The fourth-order valence-corrected chi connectivity index (χ4v) is 8.54. The first-order valence-electron chi connectivity index (χ1n) is 6.98. The zero-order valence-electron chi connectivity index (χ0n) is 11.2. The van der Waals surface area contributed by atoms with Gasteiger partial charge in [0.1, 0.15) is 0 Å². The van der Waals surface area contributed by atoms with Crippen LogP contribution >= 0.6 is 11.1 Å². The number of benzene rings is 2. The Morgan fingerprint density at radius 1 is 0.789 bits per heavy atom. The third kappa shape index (κ3) is 2.37. The largest absolute Gasteiger partial charge is 0.168 e. The van der Waals surface area contributed by atoms with Crippen LogP contribution in [0, 0.1) is 0 Å². The van der Waals surface area contributed by atoms with Gasteiger partial charge >= 0.3 is 0 Å². The van der Waals surface area contributed by atoms with Crippen molar-refractivity contribution in [3.63, 3.8) is 0 Å². The van der Waals surface area contributed by atoms with Crippen molar-refractivity contribution in [3.05, 3.63) is 71.8 Å². The molecule has 19 heavy (non-hydrogen) atoms. The molecule has 0 bridgehead atoms. The van der Waals surface area contributed by atoms with Gasteiger partial charge in [-0.15, -0.1) is 0 Å². The first-order valence-corrected chi connectivity index (χ1v) is 10.6. The van der Waals surface area contributed by atoms with Gasteiger partial charge in [0.05, 0.1) is 0 Å². The Morgan fingerprint density at radius 3 is 1.53 bits per heavy atom. The van der Waals surface area contributed by atoms with Gasteiger partial charge in [0, 0.05) is 0 Å². The lowest BCUT2D eigenvalue weighted by molar-refractivity contribution is 0.765. The van der Waals surface area contributed by atoms with Crippen LogP contribution in [0.4, 0.5) is 0 Å². The van der Waals surface area contributed by atoms with Crippen molar-refractivity contribution in [2.75, 3.05) is 0 Å². The summed E-state index contributed by atoms with van der Waals surface area (Å²) in [5.74, 6) is 0. The molecule has 3 rings (SSSR count). The molecule has 1 heterocycles. The maximum absolute atomic E-state index is 7.11. The van der Waals surface area contributed by atoms with Crippen molar-refractivity contribution in [1.82, 2.24) is 0 Å². The highest BCUT2D eigenvalue weighted by molar-refractivity contribution is 7.21. The van der Waals surface area contributed by atoms with E-state index in [-0.39, 0.29) is 0 Å². The van der Waals surface area contributed by atoms with Gasteiger partial charge in [-0.3, -0.25) is 0 Å². The van der Waals surface area contributed by atoms with E-state index in [4.69, 9.17) is 11.1 Å². The average Bonchev–Trinajstić information content (AvgIpc) is 2.76. The highest BCUT2D eigenvalue weighted by Gasteiger charge is 2.48. The van der Waals surface area contributed by atoms with Crippen LogP contribution in [0.15, 0.2) is 60.7 Å². The van der Waals surface area contributed by atoms with Crippen LogP contribution in [-0.2, 0) is 0 Å². The van der Waals surface area contributed by atoms with Crippen LogP contribution in [0.2, 0.25) is 6.55 Å². The molecule has 0 unspecified atom stereocenters. The molecule has 1 fully saturated rings. The third-order valence-corrected chi connectivity index (χ3v) is 10.1. The molecular weight excluding hydrogens is 268 g/mol. The van der Waals surface area contributed by atoms with Gasteiger partial charge in [0.25, 0.3) is 0 Å². The SMILES string of the molecule is C[Si]1(Cl)[C@H](c2ccccc2)CC[C@H]1c1ccccc1. The van der Waals surface area contributed by atoms with Crippen LogP contribution < -0.4 is 0 Å². The molecule has 0 nitrogen and oxygen atoms in total. The molecule has 0 saturated carbocycles. The number of hydrogen-bond donors (Lipinski definition) is 0. The Balaban J connectivity index is 1.92. The standard InChI is InChI=1S/C17H19ClSi/c1-19(18)16(14-8-4-2-5-9-14)12-13-17(19)15-10-6-3-7-11-15/h2-11,16-17H,12-13H2,1H3/t16-,17-/m0/s1. The molecule has 0 spiro atoms. The van der Waals surface area contributed by atoms with Crippen molar-refractivity contribution in [2.24, 2.45) is 0 Å². The third-order valence-electron chi connectivity index (χ3n) is 4.51. The molecule has 1 aliphatic heterocycles. The predicted octanol–water partition coefficient (Wildman–Crippen LogP) is 5.24. The van der Waals surface area contributed by atoms with Gasteiger partial charge in [0.15, 0.2) is 7.38 Å². The van der Waals surface area contributed by atoms with Crippen LogP contribution in [-0.4, -0.2) is 7.38 Å². The first-order chi connectivity index (χ1) is 9.19. The summed E-state index contributed by atoms with van der Waals surface area (Å²) in [5.41, 5.74) is 4.04. The highest BCUT2D eigenvalue weighted by Crippen LogP contribution is 2.51. The first kappa shape index (κ1) is 13.0. The summed E-state index contributed by atoms with van der Waals surface area (Å²) in [6, 6.07) is 21.7. The maximum atomic E-state index is 7.11. The molecule has 1 aliphatic rings. The molecule has 2 aromatic carbocycles. The van der Waals surface area contributed by atoms with Crippen LogP contribution in [0.25, 0.3) is 0 Å². The fourth-order valence-electron chi connectivity index (χ4n) is 3.50. The van der Waals surface area contributed by atoms with E-state index in [0.717, 1.165) is 0 Å². The number of halogens is 1. The molecule has 2 aromatic rings. The van der Waals surface area contributed by atoms with E-state index in [1.165, 1.54) is 24.0 Å². The fraction of sp³-hybridized carbons (Fsp3) is 0.294. The second kappa shape index (κ2) is 5.14.